The van der Waals surface area contributed by atoms with E-state index in [0.29, 0.717) is 17.9 Å². The third kappa shape index (κ3) is 5.54. The van der Waals surface area contributed by atoms with Crippen LogP contribution in [0.4, 0.5) is 5.95 Å². The van der Waals surface area contributed by atoms with Crippen molar-refractivity contribution in [1.82, 2.24) is 19.9 Å². The number of anilines is 1. The summed E-state index contributed by atoms with van der Waals surface area (Å²) in [5, 5.41) is 14.4. The first-order valence-corrected chi connectivity index (χ1v) is 13.0. The van der Waals surface area contributed by atoms with E-state index in [0.717, 1.165) is 65.1 Å². The van der Waals surface area contributed by atoms with E-state index in [2.05, 4.69) is 21.3 Å². The second-order valence-corrected chi connectivity index (χ2v) is 10.0. The van der Waals surface area contributed by atoms with Gasteiger partial charge in [-0.15, -0.1) is 11.3 Å². The minimum atomic E-state index is 0.314. The number of thiophene rings is 1. The van der Waals surface area contributed by atoms with Crippen LogP contribution in [0.1, 0.15) is 35.1 Å². The molecule has 0 radical (unpaired) electrons. The minimum absolute atomic E-state index is 0.314. The molecule has 1 aromatic carbocycles. The molecule has 0 aliphatic carbocycles. The molecule has 0 amide bonds. The van der Waals surface area contributed by atoms with E-state index in [9.17, 15) is 0 Å². The fourth-order valence-electron chi connectivity index (χ4n) is 4.61. The second kappa shape index (κ2) is 10.9. The molecule has 0 bridgehead atoms. The van der Waals surface area contributed by atoms with Crippen molar-refractivity contribution < 1.29 is 4.74 Å². The summed E-state index contributed by atoms with van der Waals surface area (Å²) in [4.78, 5) is 16.2. The fraction of sp³-hybridized carbons (Fsp3) is 0.286. The lowest BCUT2D eigenvalue weighted by atomic mass is 10.0. The molecule has 4 aromatic rings. The second-order valence-electron chi connectivity index (χ2n) is 9.09. The van der Waals surface area contributed by atoms with Gasteiger partial charge in [0.1, 0.15) is 10.4 Å². The number of aryl methyl sites for hydroxylation is 2. The molecule has 182 valence electrons. The Morgan fingerprint density at radius 3 is 2.72 bits per heavy atom. The number of aromatic nitrogens is 3. The van der Waals surface area contributed by atoms with Gasteiger partial charge < -0.3 is 10.1 Å². The number of rotatable bonds is 7. The number of hydrogen-bond acceptors (Lipinski definition) is 8. The van der Waals surface area contributed by atoms with Gasteiger partial charge in [-0.2, -0.15) is 10.2 Å². The van der Waals surface area contributed by atoms with Gasteiger partial charge in [0.2, 0.25) is 11.8 Å². The quantitative estimate of drug-likeness (QED) is 0.309. The summed E-state index contributed by atoms with van der Waals surface area (Å²) in [7, 11) is 0. The molecule has 0 saturated carbocycles. The zero-order chi connectivity index (χ0) is 24.9. The molecule has 1 aliphatic rings. The highest BCUT2D eigenvalue weighted by atomic mass is 32.1. The van der Waals surface area contributed by atoms with Crippen molar-refractivity contribution in [1.29, 1.82) is 5.26 Å². The maximum atomic E-state index is 8.83. The number of nitriles is 1. The first kappa shape index (κ1) is 23.9. The van der Waals surface area contributed by atoms with Crippen LogP contribution in [0.5, 0.6) is 11.6 Å². The van der Waals surface area contributed by atoms with Crippen LogP contribution in [0.3, 0.4) is 0 Å². The van der Waals surface area contributed by atoms with Gasteiger partial charge in [-0.3, -0.25) is 9.88 Å². The van der Waals surface area contributed by atoms with Crippen LogP contribution < -0.4 is 10.1 Å². The van der Waals surface area contributed by atoms with Crippen molar-refractivity contribution in [2.24, 2.45) is 0 Å². The predicted octanol–water partition coefficient (Wildman–Crippen LogP) is 6.11. The van der Waals surface area contributed by atoms with Crippen LogP contribution in [0.2, 0.25) is 0 Å². The average Bonchev–Trinajstić information content (AvgIpc) is 3.36. The molecule has 5 rings (SSSR count). The maximum Gasteiger partial charge on any atom is 0.242 e. The monoisotopic (exact) mass is 496 g/mol. The lowest BCUT2D eigenvalue weighted by molar-refractivity contribution is 0.211. The molecule has 0 spiro atoms. The molecule has 4 heterocycles. The first-order valence-electron chi connectivity index (χ1n) is 12.1. The Morgan fingerprint density at radius 2 is 2.00 bits per heavy atom. The molecule has 3 aromatic heterocycles. The molecule has 1 fully saturated rings. The number of allylic oxidation sites excluding steroid dienone is 1. The van der Waals surface area contributed by atoms with E-state index >= 15 is 0 Å². The number of hydrogen-bond donors (Lipinski definition) is 1. The van der Waals surface area contributed by atoms with Crippen LogP contribution in [0.25, 0.3) is 16.3 Å². The number of benzene rings is 1. The largest absolute Gasteiger partial charge is 0.437 e. The number of nitrogens with one attached hydrogen (secondary N) is 1. The first-order chi connectivity index (χ1) is 17.6. The Hall–Kier alpha value is -3.80. The summed E-state index contributed by atoms with van der Waals surface area (Å²) in [6.45, 7) is 6.98. The average molecular weight is 497 g/mol. The molecule has 1 aliphatic heterocycles. The van der Waals surface area contributed by atoms with Crippen LogP contribution in [0, 0.1) is 25.2 Å². The van der Waals surface area contributed by atoms with E-state index < -0.39 is 0 Å². The molecule has 1 N–H and O–H groups in total. The minimum Gasteiger partial charge on any atom is -0.437 e. The van der Waals surface area contributed by atoms with Crippen molar-refractivity contribution in [3.05, 3.63) is 76.4 Å². The van der Waals surface area contributed by atoms with Gasteiger partial charge >= 0.3 is 0 Å². The Morgan fingerprint density at radius 1 is 1.19 bits per heavy atom. The summed E-state index contributed by atoms with van der Waals surface area (Å²) in [6, 6.07) is 12.5. The number of ether oxygens (including phenoxy) is 1. The molecule has 0 atom stereocenters. The number of piperidine rings is 1. The van der Waals surface area contributed by atoms with Crippen LogP contribution in [-0.2, 0) is 6.54 Å². The molecular formula is C28H28N6OS. The summed E-state index contributed by atoms with van der Waals surface area (Å²) >= 11 is 1.58. The van der Waals surface area contributed by atoms with Crippen molar-refractivity contribution in [2.45, 2.75) is 39.3 Å². The molecular weight excluding hydrogens is 468 g/mol. The van der Waals surface area contributed by atoms with Gasteiger partial charge in [0.05, 0.1) is 11.6 Å². The zero-order valence-corrected chi connectivity index (χ0v) is 21.3. The molecule has 1 saturated heterocycles. The van der Waals surface area contributed by atoms with Gasteiger partial charge in [-0.05, 0) is 84.7 Å². The molecule has 0 unspecified atom stereocenters. The van der Waals surface area contributed by atoms with Gasteiger partial charge in [0.15, 0.2) is 0 Å². The highest BCUT2D eigenvalue weighted by molar-refractivity contribution is 7.17. The summed E-state index contributed by atoms with van der Waals surface area (Å²) in [6.07, 6.45) is 9.09. The van der Waals surface area contributed by atoms with Gasteiger partial charge in [-0.25, -0.2) is 4.98 Å². The van der Waals surface area contributed by atoms with Crippen LogP contribution in [0.15, 0.2) is 54.2 Å². The van der Waals surface area contributed by atoms with Crippen LogP contribution >= 0.6 is 11.3 Å². The van der Waals surface area contributed by atoms with Crippen molar-refractivity contribution >= 4 is 33.6 Å². The van der Waals surface area contributed by atoms with E-state index in [4.69, 9.17) is 20.0 Å². The highest BCUT2D eigenvalue weighted by Gasteiger charge is 2.21. The standard InChI is InChI=1S/C28H28N6OS/c1-19-15-21(5-3-10-29)16-20(2)25(19)35-27-26-24(9-14-36-26)32-28(33-27)31-23-7-12-34(13-8-23)18-22-6-4-11-30-17-22/h3-6,9,11,14-17,23H,7-8,12-13,18H2,1-2H3,(H,31,32,33)/b5-3+. The van der Waals surface area contributed by atoms with E-state index in [1.165, 1.54) is 11.6 Å². The predicted molar refractivity (Wildman–Crippen MR) is 144 cm³/mol. The Bertz CT molecular complexity index is 1390. The molecule has 36 heavy (non-hydrogen) atoms. The number of nitrogens with zero attached hydrogens (tertiary/aromatic N) is 5. The Balaban J connectivity index is 1.30. The van der Waals surface area contributed by atoms with Gasteiger partial charge in [0.25, 0.3) is 0 Å². The summed E-state index contributed by atoms with van der Waals surface area (Å²) < 4.78 is 7.33. The molecule has 8 heteroatoms. The number of fused-ring (bicyclic) bond motifs is 1. The maximum absolute atomic E-state index is 8.83. The van der Waals surface area contributed by atoms with Crippen molar-refractivity contribution in [3.8, 4) is 17.7 Å². The Labute approximate surface area is 215 Å². The number of likely N-dealkylation sites (tertiary alicyclic amines) is 1. The van der Waals surface area contributed by atoms with Gasteiger partial charge in [0, 0.05) is 44.1 Å². The topological polar surface area (TPSA) is 87.0 Å². The summed E-state index contributed by atoms with van der Waals surface area (Å²) in [5.74, 6) is 1.95. The summed E-state index contributed by atoms with van der Waals surface area (Å²) in [5.41, 5.74) is 5.08. The van der Waals surface area contributed by atoms with Crippen molar-refractivity contribution in [2.75, 3.05) is 18.4 Å². The smallest absolute Gasteiger partial charge is 0.242 e. The third-order valence-corrected chi connectivity index (χ3v) is 7.25. The van der Waals surface area contributed by atoms with E-state index in [-0.39, 0.29) is 0 Å². The lowest BCUT2D eigenvalue weighted by Crippen LogP contribution is -2.39. The number of pyridine rings is 1. The van der Waals surface area contributed by atoms with Crippen LogP contribution in [-0.4, -0.2) is 39.0 Å². The normalized spacial score (nSPS) is 14.8. The molecule has 7 nitrogen and oxygen atoms in total. The van der Waals surface area contributed by atoms with Gasteiger partial charge in [-0.1, -0.05) is 6.07 Å². The highest BCUT2D eigenvalue weighted by Crippen LogP contribution is 2.36. The SMILES string of the molecule is Cc1cc(/C=C/C#N)cc(C)c1Oc1nc(NC2CCN(Cc3cccnc3)CC2)nc2ccsc12. The van der Waals surface area contributed by atoms with Crippen molar-refractivity contribution in [3.63, 3.8) is 0 Å². The fourth-order valence-corrected chi connectivity index (χ4v) is 5.36. The third-order valence-electron chi connectivity index (χ3n) is 6.35. The van der Waals surface area contributed by atoms with E-state index in [1.54, 1.807) is 17.4 Å². The van der Waals surface area contributed by atoms with E-state index in [1.807, 2.05) is 62.0 Å². The zero-order valence-electron chi connectivity index (χ0n) is 20.4. The Kier molecular flexibility index (Phi) is 7.21. The lowest BCUT2D eigenvalue weighted by Gasteiger charge is -2.32.